The van der Waals surface area contributed by atoms with Crippen molar-refractivity contribution in [1.82, 2.24) is 10.2 Å². The molecule has 6 N–H and O–H groups in total. The fourth-order valence-electron chi connectivity index (χ4n) is 8.79. The summed E-state index contributed by atoms with van der Waals surface area (Å²) in [7, 11) is 5.35. The first-order valence-corrected chi connectivity index (χ1v) is 19.2. The SMILES string of the molecule is CC[C@H]1OC(=O)C(C)[C@@H](O[C@H]2C[C@@](C)(OC)C(CO)[C@H](C)O2)[C@H](C)[C@@H](O[C@@H]2O[C@H](C)CC(N(C)C)[C@H]2O)[C@](C)(O)C[C@@H](C)CN[C@H](C)[C@@H](O)[C@]1(C)O. The number of hydrogen-bond acceptors (Lipinski definition) is 14. The molecule has 0 amide bonds. The molecule has 3 aliphatic heterocycles. The summed E-state index contributed by atoms with van der Waals surface area (Å²) in [5, 5.41) is 60.4. The summed E-state index contributed by atoms with van der Waals surface area (Å²) in [5.41, 5.74) is -4.16. The summed E-state index contributed by atoms with van der Waals surface area (Å²) >= 11 is 0. The van der Waals surface area contributed by atoms with Crippen molar-refractivity contribution in [3.63, 3.8) is 0 Å². The van der Waals surface area contributed by atoms with Gasteiger partial charge in [-0.2, -0.15) is 0 Å². The van der Waals surface area contributed by atoms with Crippen molar-refractivity contribution in [2.45, 2.75) is 179 Å². The maximum absolute atomic E-state index is 14.2. The van der Waals surface area contributed by atoms with Gasteiger partial charge in [0.1, 0.15) is 23.9 Å². The first-order valence-electron chi connectivity index (χ1n) is 19.2. The van der Waals surface area contributed by atoms with Gasteiger partial charge in [-0.1, -0.05) is 20.8 Å². The van der Waals surface area contributed by atoms with Crippen LogP contribution in [0.5, 0.6) is 0 Å². The average molecular weight is 749 g/mol. The molecule has 0 aliphatic carbocycles. The number of cyclic esters (lactones) is 1. The van der Waals surface area contributed by atoms with Gasteiger partial charge < -0.3 is 64.2 Å². The number of hydrogen-bond donors (Lipinski definition) is 6. The molecule has 0 aromatic carbocycles. The zero-order chi connectivity index (χ0) is 39.5. The van der Waals surface area contributed by atoms with Crippen molar-refractivity contribution in [1.29, 1.82) is 0 Å². The van der Waals surface area contributed by atoms with Crippen LogP contribution in [0.3, 0.4) is 0 Å². The number of carbonyl (C=O) groups is 1. The van der Waals surface area contributed by atoms with Crippen molar-refractivity contribution in [3.8, 4) is 0 Å². The van der Waals surface area contributed by atoms with Crippen molar-refractivity contribution in [3.05, 3.63) is 0 Å². The number of aliphatic hydroxyl groups is 5. The quantitative estimate of drug-likeness (QED) is 0.197. The largest absolute Gasteiger partial charge is 0.459 e. The lowest BCUT2D eigenvalue weighted by atomic mass is 9.77. The second-order valence-electron chi connectivity index (χ2n) is 17.0. The van der Waals surface area contributed by atoms with Crippen LogP contribution in [0.2, 0.25) is 0 Å². The first-order chi connectivity index (χ1) is 24.0. The van der Waals surface area contributed by atoms with E-state index < -0.39 is 89.9 Å². The van der Waals surface area contributed by atoms with E-state index in [4.69, 9.17) is 28.4 Å². The van der Waals surface area contributed by atoms with E-state index in [0.29, 0.717) is 13.0 Å². The molecule has 0 aromatic rings. The molecule has 52 heavy (non-hydrogen) atoms. The Labute approximate surface area is 311 Å². The Hall–Kier alpha value is -1.01. The molecular formula is C38H72N2O12. The average Bonchev–Trinajstić information content (AvgIpc) is 3.06. The minimum Gasteiger partial charge on any atom is -0.459 e. The highest BCUT2D eigenvalue weighted by Crippen LogP contribution is 2.41. The van der Waals surface area contributed by atoms with Crippen LogP contribution in [0.4, 0.5) is 0 Å². The Balaban J connectivity index is 2.15. The van der Waals surface area contributed by atoms with Gasteiger partial charge in [0, 0.05) is 37.5 Å². The summed E-state index contributed by atoms with van der Waals surface area (Å²) < 4.78 is 37.9. The number of carbonyl (C=O) groups excluding carboxylic acids is 1. The molecule has 3 rings (SSSR count). The molecule has 0 radical (unpaired) electrons. The van der Waals surface area contributed by atoms with E-state index in [1.54, 1.807) is 34.8 Å². The fourth-order valence-corrected chi connectivity index (χ4v) is 8.79. The third-order valence-corrected chi connectivity index (χ3v) is 12.2. The second kappa shape index (κ2) is 18.3. The fraction of sp³-hybridized carbons (Fsp3) is 0.974. The number of methoxy groups -OCH3 is 1. The smallest absolute Gasteiger partial charge is 0.311 e. The van der Waals surface area contributed by atoms with Crippen LogP contribution >= 0.6 is 0 Å². The van der Waals surface area contributed by atoms with Gasteiger partial charge >= 0.3 is 5.97 Å². The third-order valence-electron chi connectivity index (χ3n) is 12.2. The lowest BCUT2D eigenvalue weighted by Gasteiger charge is -2.49. The van der Waals surface area contributed by atoms with Gasteiger partial charge in [-0.15, -0.1) is 0 Å². The highest BCUT2D eigenvalue weighted by Gasteiger charge is 2.52. The van der Waals surface area contributed by atoms with Crippen LogP contribution in [0, 0.1) is 23.7 Å². The summed E-state index contributed by atoms with van der Waals surface area (Å²) in [6.07, 6.45) is -6.85. The number of ether oxygens (including phenoxy) is 6. The van der Waals surface area contributed by atoms with Crippen LogP contribution in [0.1, 0.15) is 94.9 Å². The van der Waals surface area contributed by atoms with E-state index in [0.717, 1.165) is 0 Å². The Morgan fingerprint density at radius 3 is 2.17 bits per heavy atom. The maximum Gasteiger partial charge on any atom is 0.311 e. The normalized spacial score (nSPS) is 49.2. The highest BCUT2D eigenvalue weighted by atomic mass is 16.7. The van der Waals surface area contributed by atoms with Gasteiger partial charge in [0.25, 0.3) is 0 Å². The molecule has 3 unspecified atom stereocenters. The van der Waals surface area contributed by atoms with Gasteiger partial charge in [0.05, 0.1) is 48.1 Å². The van der Waals surface area contributed by atoms with Crippen LogP contribution in [0.15, 0.2) is 0 Å². The Morgan fingerprint density at radius 2 is 1.62 bits per heavy atom. The molecule has 0 saturated carbocycles. The van der Waals surface area contributed by atoms with Gasteiger partial charge in [-0.25, -0.2) is 0 Å². The molecule has 14 heteroatoms. The number of esters is 1. The Bertz CT molecular complexity index is 1130. The van der Waals surface area contributed by atoms with E-state index in [1.165, 1.54) is 6.92 Å². The highest BCUT2D eigenvalue weighted by molar-refractivity contribution is 5.73. The van der Waals surface area contributed by atoms with Crippen molar-refractivity contribution >= 4 is 5.97 Å². The summed E-state index contributed by atoms with van der Waals surface area (Å²) in [5.74, 6) is -2.90. The number of aliphatic hydroxyl groups excluding tert-OH is 3. The molecule has 0 bridgehead atoms. The third kappa shape index (κ3) is 10.2. The van der Waals surface area contributed by atoms with E-state index in [1.807, 2.05) is 53.6 Å². The predicted molar refractivity (Wildman–Crippen MR) is 194 cm³/mol. The molecule has 306 valence electrons. The van der Waals surface area contributed by atoms with Gasteiger partial charge in [-0.3, -0.25) is 4.79 Å². The topological polar surface area (TPSA) is 189 Å². The summed E-state index contributed by atoms with van der Waals surface area (Å²) in [6.45, 7) is 18.0. The standard InChI is InChI=1S/C38H72N2O12/c1-14-28-38(10,46)32(43)24(6)39-18-20(2)16-36(8,45)33(52-35-30(42)27(40(11)12)15-21(3)48-35)22(4)31(23(5)34(44)50-28)51-29-17-37(9,47-13)26(19-41)25(7)49-29/h20-33,35,39,41-43,45-46H,14-19H2,1-13H3/t20-,21-,22+,23?,24-,25+,26?,27?,28-,29+,30-,31+,32-,33-,35+,36-,37-,38-/m1/s1. The number of rotatable bonds is 8. The minimum atomic E-state index is -1.80. The minimum absolute atomic E-state index is 0.152. The van der Waals surface area contributed by atoms with Crippen molar-refractivity contribution < 1.29 is 58.7 Å². The van der Waals surface area contributed by atoms with Crippen LogP contribution in [0.25, 0.3) is 0 Å². The molecule has 3 aliphatic rings. The van der Waals surface area contributed by atoms with Crippen molar-refractivity contribution in [2.75, 3.05) is 34.4 Å². The zero-order valence-electron chi connectivity index (χ0n) is 33.9. The Kier molecular flexibility index (Phi) is 16.0. The number of nitrogens with one attached hydrogen (secondary N) is 1. The van der Waals surface area contributed by atoms with Gasteiger partial charge in [0.15, 0.2) is 12.6 Å². The predicted octanol–water partition coefficient (Wildman–Crippen LogP) is 1.81. The molecule has 3 saturated heterocycles. The number of nitrogens with zero attached hydrogens (tertiary/aromatic N) is 1. The van der Waals surface area contributed by atoms with Crippen LogP contribution in [-0.4, -0.2) is 155 Å². The Morgan fingerprint density at radius 1 is 0.981 bits per heavy atom. The van der Waals surface area contributed by atoms with Gasteiger partial charge in [-0.05, 0) is 94.3 Å². The second-order valence-corrected chi connectivity index (χ2v) is 17.0. The molecule has 3 fully saturated rings. The van der Waals surface area contributed by atoms with Crippen molar-refractivity contribution in [2.24, 2.45) is 23.7 Å². The van der Waals surface area contributed by atoms with E-state index in [2.05, 4.69) is 5.32 Å². The number of likely N-dealkylation sites (N-methyl/N-ethyl adjacent to an activating group) is 1. The zero-order valence-corrected chi connectivity index (χ0v) is 33.9. The van der Waals surface area contributed by atoms with Crippen LogP contribution in [-0.2, 0) is 33.2 Å². The monoisotopic (exact) mass is 749 g/mol. The van der Waals surface area contributed by atoms with E-state index in [-0.39, 0.29) is 49.9 Å². The lowest BCUT2D eigenvalue weighted by Crippen LogP contribution is -2.60. The van der Waals surface area contributed by atoms with E-state index in [9.17, 15) is 30.3 Å². The van der Waals surface area contributed by atoms with Crippen LogP contribution < -0.4 is 5.32 Å². The summed E-state index contributed by atoms with van der Waals surface area (Å²) in [6, 6.07) is -0.853. The molecule has 14 nitrogen and oxygen atoms in total. The molecular weight excluding hydrogens is 676 g/mol. The molecule has 3 heterocycles. The molecule has 0 spiro atoms. The lowest BCUT2D eigenvalue weighted by molar-refractivity contribution is -0.315. The van der Waals surface area contributed by atoms with E-state index >= 15 is 0 Å². The summed E-state index contributed by atoms with van der Waals surface area (Å²) in [4.78, 5) is 16.1. The molecule has 0 aromatic heterocycles. The first kappa shape index (κ1) is 45.4. The maximum atomic E-state index is 14.2. The molecule has 18 atom stereocenters. The van der Waals surface area contributed by atoms with Gasteiger partial charge in [0.2, 0.25) is 0 Å².